The second-order valence-electron chi connectivity index (χ2n) is 6.28. The van der Waals surface area contributed by atoms with Crippen molar-refractivity contribution in [3.05, 3.63) is 63.1 Å². The normalized spacial score (nSPS) is 17.0. The maximum absolute atomic E-state index is 12.0. The van der Waals surface area contributed by atoms with Crippen molar-refractivity contribution in [1.29, 1.82) is 0 Å². The summed E-state index contributed by atoms with van der Waals surface area (Å²) in [4.78, 5) is 14.2. The van der Waals surface area contributed by atoms with Gasteiger partial charge in [-0.3, -0.25) is 0 Å². The lowest BCUT2D eigenvalue weighted by molar-refractivity contribution is 0.252. The van der Waals surface area contributed by atoms with Crippen LogP contribution in [0, 0.1) is 0 Å². The lowest BCUT2D eigenvalue weighted by Crippen LogP contribution is -2.33. The number of hydrogen-bond donors (Lipinski definition) is 2. The van der Waals surface area contributed by atoms with Crippen LogP contribution in [0.4, 0.5) is 10.5 Å². The fourth-order valence-electron chi connectivity index (χ4n) is 3.35. The van der Waals surface area contributed by atoms with Crippen molar-refractivity contribution < 1.29 is 4.79 Å². The minimum Gasteiger partial charge on any atom is -0.338 e. The van der Waals surface area contributed by atoms with Crippen LogP contribution in [-0.2, 0) is 6.54 Å². The number of fused-ring (bicyclic) bond motifs is 1. The maximum atomic E-state index is 12.0. The number of amides is 2. The lowest BCUT2D eigenvalue weighted by atomic mass is 9.84. The van der Waals surface area contributed by atoms with E-state index in [0.717, 1.165) is 35.5 Å². The summed E-state index contributed by atoms with van der Waals surface area (Å²) in [6.07, 6.45) is 0. The van der Waals surface area contributed by atoms with E-state index in [1.54, 1.807) is 6.07 Å². The quantitative estimate of drug-likeness (QED) is 0.812. The van der Waals surface area contributed by atoms with E-state index < -0.39 is 0 Å². The molecule has 0 spiro atoms. The van der Waals surface area contributed by atoms with Crippen molar-refractivity contribution in [2.45, 2.75) is 19.4 Å². The number of carbonyl (C=O) groups excluding carboxylic acids is 1. The van der Waals surface area contributed by atoms with Crippen molar-refractivity contribution in [2.75, 3.05) is 25.5 Å². The molecule has 0 aromatic heterocycles. The lowest BCUT2D eigenvalue weighted by Gasteiger charge is -2.34. The molecule has 1 atom stereocenters. The molecule has 2 aromatic carbocycles. The predicted octanol–water partition coefficient (Wildman–Crippen LogP) is 4.71. The highest BCUT2D eigenvalue weighted by Crippen LogP contribution is 2.40. The number of hydrogen-bond acceptors (Lipinski definition) is 2. The smallest absolute Gasteiger partial charge is 0.319 e. The average Bonchev–Trinajstić information content (AvgIpc) is 2.56. The van der Waals surface area contributed by atoms with Gasteiger partial charge in [-0.2, -0.15) is 0 Å². The molecule has 0 fully saturated rings. The van der Waals surface area contributed by atoms with Crippen LogP contribution in [0.1, 0.15) is 29.5 Å². The van der Waals surface area contributed by atoms with Crippen LogP contribution in [-0.4, -0.2) is 31.1 Å². The topological polar surface area (TPSA) is 44.4 Å². The second-order valence-corrected chi connectivity index (χ2v) is 7.12. The molecule has 25 heavy (non-hydrogen) atoms. The summed E-state index contributed by atoms with van der Waals surface area (Å²) in [6.45, 7) is 4.08. The first-order valence-corrected chi connectivity index (χ1v) is 9.05. The Bertz CT molecular complexity index is 794. The maximum Gasteiger partial charge on any atom is 0.319 e. The van der Waals surface area contributed by atoms with E-state index >= 15 is 0 Å². The Morgan fingerprint density at radius 3 is 2.76 bits per heavy atom. The summed E-state index contributed by atoms with van der Waals surface area (Å²) in [5.41, 5.74) is 4.08. The molecular formula is C19H21Cl2N3O. The van der Waals surface area contributed by atoms with E-state index in [9.17, 15) is 4.79 Å². The highest BCUT2D eigenvalue weighted by Gasteiger charge is 2.28. The Labute approximate surface area is 158 Å². The number of para-hydroxylation sites is 1. The van der Waals surface area contributed by atoms with Gasteiger partial charge in [-0.25, -0.2) is 4.79 Å². The summed E-state index contributed by atoms with van der Waals surface area (Å²) in [7, 11) is 2.07. The summed E-state index contributed by atoms with van der Waals surface area (Å²) in [5.74, 6) is 0.0862. The van der Waals surface area contributed by atoms with Gasteiger partial charge in [0.1, 0.15) is 0 Å². The summed E-state index contributed by atoms with van der Waals surface area (Å²) >= 11 is 12.7. The molecular weight excluding hydrogens is 357 g/mol. The van der Waals surface area contributed by atoms with Crippen LogP contribution in [0.25, 0.3) is 0 Å². The second kappa shape index (κ2) is 7.65. The third kappa shape index (κ3) is 3.92. The minimum atomic E-state index is -0.205. The molecule has 4 nitrogen and oxygen atoms in total. The highest BCUT2D eigenvalue weighted by molar-refractivity contribution is 6.35. The number of nitrogens with zero attached hydrogens (tertiary/aromatic N) is 1. The van der Waals surface area contributed by atoms with Crippen molar-refractivity contribution in [3.63, 3.8) is 0 Å². The van der Waals surface area contributed by atoms with Crippen LogP contribution in [0.3, 0.4) is 0 Å². The molecule has 1 aliphatic heterocycles. The van der Waals surface area contributed by atoms with Gasteiger partial charge in [0.25, 0.3) is 0 Å². The molecule has 2 amide bonds. The van der Waals surface area contributed by atoms with Gasteiger partial charge in [0.05, 0.1) is 0 Å². The Hall–Kier alpha value is -1.75. The molecule has 1 heterocycles. The Balaban J connectivity index is 2.05. The zero-order valence-electron chi connectivity index (χ0n) is 14.3. The largest absolute Gasteiger partial charge is 0.338 e. The van der Waals surface area contributed by atoms with E-state index in [1.807, 2.05) is 37.3 Å². The number of anilines is 1. The van der Waals surface area contributed by atoms with E-state index in [4.69, 9.17) is 23.2 Å². The molecule has 6 heteroatoms. The van der Waals surface area contributed by atoms with Crippen molar-refractivity contribution in [1.82, 2.24) is 10.2 Å². The van der Waals surface area contributed by atoms with Crippen LogP contribution < -0.4 is 10.6 Å². The van der Waals surface area contributed by atoms with E-state index in [2.05, 4.69) is 22.6 Å². The molecule has 132 valence electrons. The fourth-order valence-corrected chi connectivity index (χ4v) is 3.92. The van der Waals surface area contributed by atoms with Crippen LogP contribution in [0.5, 0.6) is 0 Å². The van der Waals surface area contributed by atoms with Crippen LogP contribution in [0.15, 0.2) is 36.4 Å². The molecule has 1 aliphatic rings. The number of rotatable bonds is 3. The van der Waals surface area contributed by atoms with Crippen molar-refractivity contribution in [3.8, 4) is 0 Å². The van der Waals surface area contributed by atoms with Gasteiger partial charge < -0.3 is 15.5 Å². The monoisotopic (exact) mass is 377 g/mol. The van der Waals surface area contributed by atoms with E-state index in [1.165, 1.54) is 0 Å². The number of carbonyl (C=O) groups is 1. The number of benzene rings is 2. The highest BCUT2D eigenvalue weighted by atomic mass is 35.5. The van der Waals surface area contributed by atoms with Crippen molar-refractivity contribution in [2.24, 2.45) is 0 Å². The predicted molar refractivity (Wildman–Crippen MR) is 104 cm³/mol. The molecule has 1 unspecified atom stereocenters. The number of halogens is 2. The van der Waals surface area contributed by atoms with Gasteiger partial charge in [-0.05, 0) is 48.9 Å². The SMILES string of the molecule is CCNC(=O)Nc1ccccc1C1CN(C)Cc2c(Cl)cc(Cl)cc21. The van der Waals surface area contributed by atoms with Crippen molar-refractivity contribution >= 4 is 34.9 Å². The first-order chi connectivity index (χ1) is 12.0. The molecule has 0 saturated heterocycles. The van der Waals surface area contributed by atoms with Gasteiger partial charge >= 0.3 is 6.03 Å². The number of urea groups is 1. The average molecular weight is 378 g/mol. The Morgan fingerprint density at radius 2 is 2.00 bits per heavy atom. The molecule has 3 rings (SSSR count). The fraction of sp³-hybridized carbons (Fsp3) is 0.316. The third-order valence-electron chi connectivity index (χ3n) is 4.41. The van der Waals surface area contributed by atoms with Gasteiger partial charge in [-0.1, -0.05) is 41.4 Å². The molecule has 2 N–H and O–H groups in total. The molecule has 0 radical (unpaired) electrons. The van der Waals surface area contributed by atoms with Gasteiger partial charge in [0.2, 0.25) is 0 Å². The van der Waals surface area contributed by atoms with E-state index in [0.29, 0.717) is 16.6 Å². The van der Waals surface area contributed by atoms with Crippen LogP contribution in [0.2, 0.25) is 10.0 Å². The standard InChI is InChI=1S/C19H21Cl2N3O/c1-3-22-19(25)23-18-7-5-4-6-13(18)15-10-24(2)11-16-14(15)8-12(20)9-17(16)21/h4-9,15H,3,10-11H2,1-2H3,(H2,22,23,25). The number of likely N-dealkylation sites (N-methyl/N-ethyl adjacent to an activating group) is 1. The first-order valence-electron chi connectivity index (χ1n) is 8.29. The summed E-state index contributed by atoms with van der Waals surface area (Å²) in [6, 6.07) is 11.4. The Kier molecular flexibility index (Phi) is 5.52. The van der Waals surface area contributed by atoms with Gasteiger partial charge in [0, 0.05) is 41.3 Å². The third-order valence-corrected chi connectivity index (χ3v) is 4.97. The minimum absolute atomic E-state index is 0.0862. The van der Waals surface area contributed by atoms with Gasteiger partial charge in [0.15, 0.2) is 0 Å². The summed E-state index contributed by atoms with van der Waals surface area (Å²) < 4.78 is 0. The van der Waals surface area contributed by atoms with Gasteiger partial charge in [-0.15, -0.1) is 0 Å². The van der Waals surface area contributed by atoms with Crippen LogP contribution >= 0.6 is 23.2 Å². The molecule has 2 aromatic rings. The molecule has 0 saturated carbocycles. The number of nitrogens with one attached hydrogen (secondary N) is 2. The summed E-state index contributed by atoms with van der Waals surface area (Å²) in [5, 5.41) is 7.04. The molecule has 0 bridgehead atoms. The first kappa shape index (κ1) is 18.1. The zero-order chi connectivity index (χ0) is 18.0. The molecule has 0 aliphatic carbocycles. The zero-order valence-corrected chi connectivity index (χ0v) is 15.8. The van der Waals surface area contributed by atoms with E-state index in [-0.39, 0.29) is 11.9 Å². The Morgan fingerprint density at radius 1 is 1.24 bits per heavy atom.